The molecule has 9 nitrogen and oxygen atoms in total. The molecule has 4 rings (SSSR count). The van der Waals surface area contributed by atoms with Gasteiger partial charge in [-0.2, -0.15) is 4.98 Å². The Morgan fingerprint density at radius 1 is 1.17 bits per heavy atom. The first-order valence-corrected chi connectivity index (χ1v) is 12.4. The van der Waals surface area contributed by atoms with Crippen molar-refractivity contribution in [3.05, 3.63) is 41.7 Å². The second kappa shape index (κ2) is 12.1. The van der Waals surface area contributed by atoms with Gasteiger partial charge in [0.1, 0.15) is 12.0 Å². The Kier molecular flexibility index (Phi) is 9.17. The molecule has 0 saturated heterocycles. The van der Waals surface area contributed by atoms with Crippen molar-refractivity contribution in [3.63, 3.8) is 0 Å². The van der Waals surface area contributed by atoms with Crippen LogP contribution >= 0.6 is 0 Å². The summed E-state index contributed by atoms with van der Waals surface area (Å²) >= 11 is 0. The molecule has 0 spiro atoms. The normalized spacial score (nSPS) is 19.7. The van der Waals surface area contributed by atoms with Gasteiger partial charge in [0.25, 0.3) is 0 Å². The van der Waals surface area contributed by atoms with Crippen LogP contribution in [0.5, 0.6) is 5.88 Å². The largest absolute Gasteiger partial charge is 0.448 e. The molecule has 2 aliphatic rings. The van der Waals surface area contributed by atoms with Gasteiger partial charge in [-0.25, -0.2) is 9.98 Å². The first kappa shape index (κ1) is 26.6. The summed E-state index contributed by atoms with van der Waals surface area (Å²) in [5, 5.41) is 2.62. The second-order valence-corrected chi connectivity index (χ2v) is 9.30. The van der Waals surface area contributed by atoms with Crippen LogP contribution < -0.4 is 21.5 Å². The minimum absolute atomic E-state index is 0.0652. The van der Waals surface area contributed by atoms with E-state index in [1.165, 1.54) is 44.0 Å². The molecule has 1 aliphatic carbocycles. The van der Waals surface area contributed by atoms with E-state index in [0.29, 0.717) is 42.8 Å². The van der Waals surface area contributed by atoms with Crippen molar-refractivity contribution < 1.29 is 9.53 Å². The smallest absolute Gasteiger partial charge is 0.247 e. The minimum atomic E-state index is -0.736. The van der Waals surface area contributed by atoms with Crippen LogP contribution in [0.3, 0.4) is 0 Å². The van der Waals surface area contributed by atoms with Crippen LogP contribution in [0.1, 0.15) is 69.4 Å². The number of nitrogens with one attached hydrogen (secondary N) is 1. The average Bonchev–Trinajstić information content (AvgIpc) is 2.88. The number of likely N-dealkylation sites (N-methyl/N-ethyl adjacent to an activating group) is 1. The lowest BCUT2D eigenvalue weighted by molar-refractivity contribution is -0.120. The van der Waals surface area contributed by atoms with Crippen LogP contribution in [-0.2, 0) is 4.79 Å². The highest BCUT2D eigenvalue weighted by Crippen LogP contribution is 2.40. The highest BCUT2D eigenvalue weighted by molar-refractivity contribution is 6.09. The number of hydrogen-bond donors (Lipinski definition) is 3. The van der Waals surface area contributed by atoms with E-state index in [0.717, 1.165) is 11.3 Å². The van der Waals surface area contributed by atoms with E-state index in [2.05, 4.69) is 39.6 Å². The second-order valence-electron chi connectivity index (χ2n) is 9.30. The Hall–Kier alpha value is -3.04. The van der Waals surface area contributed by atoms with Gasteiger partial charge < -0.3 is 21.5 Å². The number of carbonyl (C=O) groups is 1. The Morgan fingerprint density at radius 3 is 2.46 bits per heavy atom. The molecule has 1 aromatic heterocycles. The first-order valence-electron chi connectivity index (χ1n) is 12.4. The van der Waals surface area contributed by atoms with E-state index >= 15 is 0 Å². The molecule has 1 aromatic carbocycles. The average molecular weight is 482 g/mol. The number of anilines is 1. The lowest BCUT2D eigenvalue weighted by Crippen LogP contribution is -2.55. The SMILES string of the molecule is CCC(=O)NCCN.CN(C)C1(C)Oc2ncnc(N)c2N=C1c1ccc(C2CCCCC2)cc1. The van der Waals surface area contributed by atoms with Gasteiger partial charge in [0, 0.05) is 25.1 Å². The number of hydrogen-bond acceptors (Lipinski definition) is 8. The molecule has 1 amide bonds. The van der Waals surface area contributed by atoms with Gasteiger partial charge >= 0.3 is 0 Å². The Balaban J connectivity index is 0.000000371. The summed E-state index contributed by atoms with van der Waals surface area (Å²) in [6.45, 7) is 4.92. The summed E-state index contributed by atoms with van der Waals surface area (Å²) in [6.07, 6.45) is 8.57. The molecule has 1 aliphatic heterocycles. The van der Waals surface area contributed by atoms with E-state index < -0.39 is 5.72 Å². The molecule has 1 atom stereocenters. The Morgan fingerprint density at radius 2 is 1.86 bits per heavy atom. The summed E-state index contributed by atoms with van der Waals surface area (Å²) < 4.78 is 6.24. The van der Waals surface area contributed by atoms with E-state index in [-0.39, 0.29) is 5.91 Å². The van der Waals surface area contributed by atoms with Gasteiger partial charge in [0.05, 0.1) is 0 Å². The maximum atomic E-state index is 10.4. The van der Waals surface area contributed by atoms with Crippen LogP contribution in [0, 0.1) is 0 Å². The van der Waals surface area contributed by atoms with E-state index in [1.807, 2.05) is 32.8 Å². The topological polar surface area (TPSA) is 132 Å². The molecule has 35 heavy (non-hydrogen) atoms. The van der Waals surface area contributed by atoms with Gasteiger partial charge in [-0.05, 0) is 45.3 Å². The fourth-order valence-electron chi connectivity index (χ4n) is 4.33. The van der Waals surface area contributed by atoms with Gasteiger partial charge in [-0.15, -0.1) is 0 Å². The number of aromatic nitrogens is 2. The molecule has 9 heteroatoms. The fourth-order valence-corrected chi connectivity index (χ4v) is 4.33. The van der Waals surface area contributed by atoms with Crippen LogP contribution in [0.2, 0.25) is 0 Å². The number of ether oxygens (including phenoxy) is 1. The van der Waals surface area contributed by atoms with E-state index in [4.69, 9.17) is 21.2 Å². The van der Waals surface area contributed by atoms with Crippen LogP contribution in [0.4, 0.5) is 11.5 Å². The molecule has 190 valence electrons. The highest BCUT2D eigenvalue weighted by atomic mass is 16.5. The molecule has 0 radical (unpaired) electrons. The van der Waals surface area contributed by atoms with Crippen LogP contribution in [-0.4, -0.2) is 59.4 Å². The molecule has 0 bridgehead atoms. The third kappa shape index (κ3) is 6.35. The predicted molar refractivity (Wildman–Crippen MR) is 140 cm³/mol. The summed E-state index contributed by atoms with van der Waals surface area (Å²) in [5.74, 6) is 1.50. The van der Waals surface area contributed by atoms with Gasteiger partial charge in [0.2, 0.25) is 17.5 Å². The molecule has 1 unspecified atom stereocenters. The van der Waals surface area contributed by atoms with Crippen molar-refractivity contribution in [3.8, 4) is 5.88 Å². The Labute approximate surface area is 208 Å². The van der Waals surface area contributed by atoms with Crippen molar-refractivity contribution in [2.45, 2.75) is 64.0 Å². The number of benzene rings is 1. The number of carbonyl (C=O) groups excluding carboxylic acids is 1. The molecule has 1 saturated carbocycles. The highest BCUT2D eigenvalue weighted by Gasteiger charge is 2.41. The summed E-state index contributed by atoms with van der Waals surface area (Å²) in [6, 6.07) is 8.78. The number of nitrogen functional groups attached to an aromatic ring is 1. The number of amides is 1. The van der Waals surface area contributed by atoms with E-state index in [1.54, 1.807) is 0 Å². The molecule has 2 aromatic rings. The number of aliphatic imine (C=N–C) groups is 1. The van der Waals surface area contributed by atoms with Crippen molar-refractivity contribution in [2.24, 2.45) is 10.7 Å². The fraction of sp³-hybridized carbons (Fsp3) is 0.538. The molecular formula is C26H39N7O2. The predicted octanol–water partition coefficient (Wildman–Crippen LogP) is 3.37. The third-order valence-corrected chi connectivity index (χ3v) is 6.68. The lowest BCUT2D eigenvalue weighted by atomic mass is 9.83. The van der Waals surface area contributed by atoms with Crippen molar-refractivity contribution in [2.75, 3.05) is 32.9 Å². The lowest BCUT2D eigenvalue weighted by Gasteiger charge is -2.40. The minimum Gasteiger partial charge on any atom is -0.448 e. The number of fused-ring (bicyclic) bond motifs is 1. The zero-order chi connectivity index (χ0) is 25.4. The maximum absolute atomic E-state index is 10.4. The van der Waals surface area contributed by atoms with Gasteiger partial charge in [-0.3, -0.25) is 9.69 Å². The van der Waals surface area contributed by atoms with E-state index in [9.17, 15) is 4.79 Å². The van der Waals surface area contributed by atoms with Crippen molar-refractivity contribution >= 4 is 23.1 Å². The van der Waals surface area contributed by atoms with Crippen LogP contribution in [0.25, 0.3) is 0 Å². The number of rotatable bonds is 6. The Bertz CT molecular complexity index is 1020. The zero-order valence-corrected chi connectivity index (χ0v) is 21.4. The summed E-state index contributed by atoms with van der Waals surface area (Å²) in [7, 11) is 3.95. The quantitative estimate of drug-likeness (QED) is 0.576. The van der Waals surface area contributed by atoms with Crippen molar-refractivity contribution in [1.82, 2.24) is 20.2 Å². The molecule has 1 fully saturated rings. The first-order chi connectivity index (χ1) is 16.8. The van der Waals surface area contributed by atoms with Crippen molar-refractivity contribution in [1.29, 1.82) is 0 Å². The third-order valence-electron chi connectivity index (χ3n) is 6.68. The monoisotopic (exact) mass is 481 g/mol. The summed E-state index contributed by atoms with van der Waals surface area (Å²) in [4.78, 5) is 25.5. The zero-order valence-electron chi connectivity index (χ0n) is 21.4. The van der Waals surface area contributed by atoms with Gasteiger partial charge in [0.15, 0.2) is 11.5 Å². The van der Waals surface area contributed by atoms with Gasteiger partial charge in [-0.1, -0.05) is 50.5 Å². The maximum Gasteiger partial charge on any atom is 0.247 e. The summed E-state index contributed by atoms with van der Waals surface area (Å²) in [5.41, 5.74) is 14.2. The van der Waals surface area contributed by atoms with Crippen LogP contribution in [0.15, 0.2) is 35.6 Å². The molecule has 5 N–H and O–H groups in total. The number of nitrogens with two attached hydrogens (primary N) is 2. The molecule has 2 heterocycles. The molecular weight excluding hydrogens is 442 g/mol. The standard InChI is InChI=1S/C21H27N5O.C5H12N2O/c1-21(26(2)3)18(25-17-19(22)23-13-24-20(17)27-21)16-11-9-15(10-12-16)14-7-5-4-6-8-14;1-2-5(8)7-4-3-6/h9-14H,4-8H2,1-3H3,(H2,22,23,24);2-4,6H2,1H3,(H,7,8). The number of nitrogens with zero attached hydrogens (tertiary/aromatic N) is 4.